The van der Waals surface area contributed by atoms with Crippen LogP contribution in [0.3, 0.4) is 0 Å². The second-order valence-corrected chi connectivity index (χ2v) is 7.74. The molecule has 1 fully saturated rings. The number of hydrogen-bond acceptors (Lipinski definition) is 4. The van der Waals surface area contributed by atoms with Crippen molar-refractivity contribution < 1.29 is 22.3 Å². The number of halogens is 2. The summed E-state index contributed by atoms with van der Waals surface area (Å²) in [6.07, 6.45) is 0.164. The number of nitrogens with two attached hydrogens (primary N) is 1. The minimum atomic E-state index is -3.30. The Morgan fingerprint density at radius 1 is 1.35 bits per heavy atom. The van der Waals surface area contributed by atoms with Crippen molar-refractivity contribution >= 4 is 9.84 Å². The van der Waals surface area contributed by atoms with Crippen LogP contribution in [0.5, 0.6) is 0 Å². The van der Waals surface area contributed by atoms with Crippen molar-refractivity contribution in [3.63, 3.8) is 0 Å². The zero-order chi connectivity index (χ0) is 15.2. The second kappa shape index (κ2) is 4.75. The van der Waals surface area contributed by atoms with Crippen LogP contribution in [0.15, 0.2) is 18.2 Å². The lowest BCUT2D eigenvalue weighted by Crippen LogP contribution is -2.49. The standard InChI is InChI=1S/C13H17F2NO3S/c1-12(17,9-4-10(14)6-11(15)5-9)13(7-16)2-3-20(18,19)8-13/h4-6,17H,2-3,7-8,16H2,1H3. The Morgan fingerprint density at radius 2 is 1.90 bits per heavy atom. The number of sulfone groups is 1. The van der Waals surface area contributed by atoms with Gasteiger partial charge in [0.15, 0.2) is 9.84 Å². The Morgan fingerprint density at radius 3 is 2.30 bits per heavy atom. The van der Waals surface area contributed by atoms with Crippen molar-refractivity contribution in [3.8, 4) is 0 Å². The van der Waals surface area contributed by atoms with Crippen molar-refractivity contribution in [2.45, 2.75) is 18.9 Å². The van der Waals surface area contributed by atoms with E-state index in [0.717, 1.165) is 12.1 Å². The maximum absolute atomic E-state index is 13.3. The molecule has 1 aliphatic rings. The van der Waals surface area contributed by atoms with Crippen LogP contribution in [-0.2, 0) is 15.4 Å². The minimum Gasteiger partial charge on any atom is -0.385 e. The van der Waals surface area contributed by atoms with Gasteiger partial charge in [0, 0.05) is 18.0 Å². The van der Waals surface area contributed by atoms with E-state index in [2.05, 4.69) is 0 Å². The third-order valence-electron chi connectivity index (χ3n) is 4.24. The minimum absolute atomic E-state index is 0.00227. The highest BCUT2D eigenvalue weighted by Gasteiger charge is 2.53. The predicted molar refractivity (Wildman–Crippen MR) is 70.7 cm³/mol. The van der Waals surface area contributed by atoms with E-state index in [-0.39, 0.29) is 30.0 Å². The van der Waals surface area contributed by atoms with Gasteiger partial charge in [-0.2, -0.15) is 0 Å². The molecule has 1 aliphatic heterocycles. The van der Waals surface area contributed by atoms with Crippen LogP contribution in [0.1, 0.15) is 18.9 Å². The molecule has 2 unspecified atom stereocenters. The molecule has 1 saturated heterocycles. The molecule has 112 valence electrons. The van der Waals surface area contributed by atoms with E-state index in [0.29, 0.717) is 6.07 Å². The molecule has 0 spiro atoms. The zero-order valence-corrected chi connectivity index (χ0v) is 11.9. The van der Waals surface area contributed by atoms with E-state index >= 15 is 0 Å². The lowest BCUT2D eigenvalue weighted by molar-refractivity contribution is -0.0587. The fraction of sp³-hybridized carbons (Fsp3) is 0.538. The van der Waals surface area contributed by atoms with Gasteiger partial charge < -0.3 is 10.8 Å². The Kier molecular flexibility index (Phi) is 3.64. The molecule has 7 heteroatoms. The summed E-state index contributed by atoms with van der Waals surface area (Å²) in [5.74, 6) is -2.03. The van der Waals surface area contributed by atoms with Crippen molar-refractivity contribution in [1.82, 2.24) is 0 Å². The SMILES string of the molecule is CC(O)(c1cc(F)cc(F)c1)C1(CN)CCS(=O)(=O)C1. The van der Waals surface area contributed by atoms with E-state index in [1.54, 1.807) is 0 Å². The Balaban J connectivity index is 2.52. The van der Waals surface area contributed by atoms with Gasteiger partial charge in [0.1, 0.15) is 11.6 Å². The molecule has 20 heavy (non-hydrogen) atoms. The Hall–Kier alpha value is -1.05. The molecule has 0 saturated carbocycles. The molecule has 2 atom stereocenters. The van der Waals surface area contributed by atoms with Crippen LogP contribution in [0.2, 0.25) is 0 Å². The van der Waals surface area contributed by atoms with Gasteiger partial charge in [-0.1, -0.05) is 0 Å². The van der Waals surface area contributed by atoms with E-state index in [4.69, 9.17) is 5.73 Å². The summed E-state index contributed by atoms with van der Waals surface area (Å²) in [5.41, 5.74) is 2.81. The van der Waals surface area contributed by atoms with Crippen molar-refractivity contribution in [1.29, 1.82) is 0 Å². The maximum Gasteiger partial charge on any atom is 0.151 e. The zero-order valence-electron chi connectivity index (χ0n) is 11.1. The van der Waals surface area contributed by atoms with E-state index in [1.165, 1.54) is 6.92 Å². The largest absolute Gasteiger partial charge is 0.385 e. The van der Waals surface area contributed by atoms with Crippen LogP contribution in [-0.4, -0.2) is 31.6 Å². The molecule has 3 N–H and O–H groups in total. The average Bonchev–Trinajstić information content (AvgIpc) is 2.65. The van der Waals surface area contributed by atoms with E-state index in [9.17, 15) is 22.3 Å². The molecule has 1 aromatic rings. The molecule has 4 nitrogen and oxygen atoms in total. The van der Waals surface area contributed by atoms with Crippen LogP contribution in [0, 0.1) is 17.0 Å². The summed E-state index contributed by atoms with van der Waals surface area (Å²) in [5, 5.41) is 10.7. The Bertz CT molecular complexity index is 610. The summed E-state index contributed by atoms with van der Waals surface area (Å²) in [6.45, 7) is 1.27. The fourth-order valence-electron chi connectivity index (χ4n) is 2.80. The van der Waals surface area contributed by atoms with Gasteiger partial charge in [0.05, 0.1) is 17.1 Å². The van der Waals surface area contributed by atoms with Crippen molar-refractivity contribution in [3.05, 3.63) is 35.4 Å². The highest BCUT2D eigenvalue weighted by molar-refractivity contribution is 7.91. The third-order valence-corrected chi connectivity index (χ3v) is 6.05. The normalized spacial score (nSPS) is 28.2. The van der Waals surface area contributed by atoms with Crippen molar-refractivity contribution in [2.75, 3.05) is 18.1 Å². The van der Waals surface area contributed by atoms with Gasteiger partial charge in [-0.05, 0) is 31.0 Å². The quantitative estimate of drug-likeness (QED) is 0.871. The first kappa shape index (κ1) is 15.3. The average molecular weight is 305 g/mol. The van der Waals surface area contributed by atoms with Crippen LogP contribution in [0.25, 0.3) is 0 Å². The highest BCUT2D eigenvalue weighted by atomic mass is 32.2. The molecule has 0 radical (unpaired) electrons. The van der Waals surface area contributed by atoms with Crippen LogP contribution < -0.4 is 5.73 Å². The molecule has 1 aromatic carbocycles. The third kappa shape index (κ3) is 2.45. The van der Waals surface area contributed by atoms with Crippen LogP contribution >= 0.6 is 0 Å². The molecule has 0 bridgehead atoms. The van der Waals surface area contributed by atoms with Crippen molar-refractivity contribution in [2.24, 2.45) is 11.1 Å². The Labute approximate surface area is 116 Å². The molecule has 0 aromatic heterocycles. The summed E-state index contributed by atoms with van der Waals surface area (Å²) in [7, 11) is -3.30. The van der Waals surface area contributed by atoms with Gasteiger partial charge in [-0.25, -0.2) is 17.2 Å². The molecule has 0 amide bonds. The molecule has 0 aliphatic carbocycles. The lowest BCUT2D eigenvalue weighted by Gasteiger charge is -2.41. The van der Waals surface area contributed by atoms with E-state index < -0.39 is 32.5 Å². The molecule has 2 rings (SSSR count). The molecule has 1 heterocycles. The topological polar surface area (TPSA) is 80.4 Å². The first-order valence-electron chi connectivity index (χ1n) is 6.21. The number of aliphatic hydroxyl groups is 1. The number of benzene rings is 1. The first-order valence-corrected chi connectivity index (χ1v) is 8.03. The summed E-state index contributed by atoms with van der Waals surface area (Å²) in [4.78, 5) is 0. The monoisotopic (exact) mass is 305 g/mol. The van der Waals surface area contributed by atoms with Gasteiger partial charge in [0.25, 0.3) is 0 Å². The smallest absolute Gasteiger partial charge is 0.151 e. The van der Waals surface area contributed by atoms with Gasteiger partial charge in [-0.3, -0.25) is 0 Å². The maximum atomic E-state index is 13.3. The van der Waals surface area contributed by atoms with Crippen LogP contribution in [0.4, 0.5) is 8.78 Å². The summed E-state index contributed by atoms with van der Waals surface area (Å²) >= 11 is 0. The predicted octanol–water partition coefficient (Wildman–Crippen LogP) is 0.936. The van der Waals surface area contributed by atoms with Gasteiger partial charge in [0.2, 0.25) is 0 Å². The molecular formula is C13H17F2NO3S. The summed E-state index contributed by atoms with van der Waals surface area (Å²) in [6, 6.07) is 2.71. The fourth-order valence-corrected chi connectivity index (χ4v) is 5.03. The second-order valence-electron chi connectivity index (χ2n) is 5.56. The van der Waals surface area contributed by atoms with Gasteiger partial charge >= 0.3 is 0 Å². The number of rotatable bonds is 3. The molecular weight excluding hydrogens is 288 g/mol. The first-order chi connectivity index (χ1) is 9.12. The van der Waals surface area contributed by atoms with E-state index in [1.807, 2.05) is 0 Å². The highest BCUT2D eigenvalue weighted by Crippen LogP contribution is 2.47. The summed E-state index contributed by atoms with van der Waals surface area (Å²) < 4.78 is 50.1. The lowest BCUT2D eigenvalue weighted by atomic mass is 9.69. The number of hydrogen-bond donors (Lipinski definition) is 2. The van der Waals surface area contributed by atoms with Gasteiger partial charge in [-0.15, -0.1) is 0 Å².